The number of hydrogen-bond acceptors (Lipinski definition) is 4. The number of piperidine rings is 1. The fourth-order valence-electron chi connectivity index (χ4n) is 2.55. The van der Waals surface area contributed by atoms with E-state index >= 15 is 0 Å². The molecular formula is C13H22N4O3S. The second kappa shape index (κ2) is 6.57. The van der Waals surface area contributed by atoms with Crippen molar-refractivity contribution in [3.63, 3.8) is 0 Å². The zero-order valence-electron chi connectivity index (χ0n) is 12.4. The van der Waals surface area contributed by atoms with E-state index in [2.05, 4.69) is 10.4 Å². The van der Waals surface area contributed by atoms with Gasteiger partial charge in [0, 0.05) is 37.4 Å². The van der Waals surface area contributed by atoms with Gasteiger partial charge in [0.15, 0.2) is 0 Å². The van der Waals surface area contributed by atoms with Crippen molar-refractivity contribution in [3.05, 3.63) is 18.5 Å². The Morgan fingerprint density at radius 3 is 2.62 bits per heavy atom. The zero-order valence-corrected chi connectivity index (χ0v) is 13.2. The minimum Gasteiger partial charge on any atom is -0.352 e. The van der Waals surface area contributed by atoms with Gasteiger partial charge in [0.25, 0.3) is 0 Å². The molecule has 21 heavy (non-hydrogen) atoms. The standard InChI is InChI=1S/C13H22N4O3S/c1-11(10-16-7-3-6-14-16)15-13(18)12-4-8-17(9-5-12)21(2,19)20/h3,6-7,11-12H,4-5,8-10H2,1-2H3,(H,15,18). The first-order chi connectivity index (χ1) is 9.86. The lowest BCUT2D eigenvalue weighted by Crippen LogP contribution is -2.45. The summed E-state index contributed by atoms with van der Waals surface area (Å²) in [6.07, 6.45) is 5.92. The third kappa shape index (κ3) is 4.53. The Kier molecular flexibility index (Phi) is 5.00. The molecule has 0 spiro atoms. The molecule has 1 fully saturated rings. The van der Waals surface area contributed by atoms with E-state index in [1.807, 2.05) is 19.2 Å². The van der Waals surface area contributed by atoms with Crippen molar-refractivity contribution >= 4 is 15.9 Å². The van der Waals surface area contributed by atoms with Crippen LogP contribution in [0.3, 0.4) is 0 Å². The number of nitrogens with zero attached hydrogens (tertiary/aromatic N) is 3. The summed E-state index contributed by atoms with van der Waals surface area (Å²) < 4.78 is 26.1. The van der Waals surface area contributed by atoms with Crippen molar-refractivity contribution in [1.82, 2.24) is 19.4 Å². The monoisotopic (exact) mass is 314 g/mol. The molecule has 1 saturated heterocycles. The first-order valence-corrected chi connectivity index (χ1v) is 8.94. The van der Waals surface area contributed by atoms with E-state index in [0.29, 0.717) is 32.5 Å². The van der Waals surface area contributed by atoms with Crippen molar-refractivity contribution in [2.75, 3.05) is 19.3 Å². The summed E-state index contributed by atoms with van der Waals surface area (Å²) in [5.74, 6) is -0.106. The summed E-state index contributed by atoms with van der Waals surface area (Å²) in [5.41, 5.74) is 0. The van der Waals surface area contributed by atoms with Gasteiger partial charge in [-0.15, -0.1) is 0 Å². The number of amides is 1. The van der Waals surface area contributed by atoms with Crippen LogP contribution >= 0.6 is 0 Å². The van der Waals surface area contributed by atoms with E-state index in [1.165, 1.54) is 10.6 Å². The smallest absolute Gasteiger partial charge is 0.223 e. The number of nitrogens with one attached hydrogen (secondary N) is 1. The van der Waals surface area contributed by atoms with Crippen molar-refractivity contribution < 1.29 is 13.2 Å². The molecule has 0 radical (unpaired) electrons. The Labute approximate surface area is 125 Å². The van der Waals surface area contributed by atoms with Crippen LogP contribution in [0.1, 0.15) is 19.8 Å². The van der Waals surface area contributed by atoms with Crippen LogP contribution in [0.5, 0.6) is 0 Å². The third-order valence-electron chi connectivity index (χ3n) is 3.70. The molecule has 1 unspecified atom stereocenters. The lowest BCUT2D eigenvalue weighted by atomic mass is 9.97. The second-order valence-corrected chi connectivity index (χ2v) is 7.56. The highest BCUT2D eigenvalue weighted by Crippen LogP contribution is 2.19. The highest BCUT2D eigenvalue weighted by atomic mass is 32.2. The van der Waals surface area contributed by atoms with Gasteiger partial charge in [0.2, 0.25) is 15.9 Å². The fraction of sp³-hybridized carbons (Fsp3) is 0.692. The van der Waals surface area contributed by atoms with E-state index in [4.69, 9.17) is 0 Å². The molecule has 1 atom stereocenters. The minimum absolute atomic E-state index is 0.00260. The van der Waals surface area contributed by atoms with Gasteiger partial charge >= 0.3 is 0 Å². The molecule has 118 valence electrons. The van der Waals surface area contributed by atoms with Crippen LogP contribution in [0.25, 0.3) is 0 Å². The lowest BCUT2D eigenvalue weighted by molar-refractivity contribution is -0.126. The summed E-state index contributed by atoms with van der Waals surface area (Å²) in [5, 5.41) is 7.08. The molecule has 0 saturated carbocycles. The fourth-order valence-corrected chi connectivity index (χ4v) is 3.42. The number of rotatable bonds is 5. The maximum absolute atomic E-state index is 12.2. The minimum atomic E-state index is -3.14. The highest BCUT2D eigenvalue weighted by Gasteiger charge is 2.29. The molecule has 0 aliphatic carbocycles. The van der Waals surface area contributed by atoms with Crippen LogP contribution in [-0.4, -0.2) is 53.8 Å². The van der Waals surface area contributed by atoms with E-state index in [1.54, 1.807) is 10.9 Å². The van der Waals surface area contributed by atoms with Gasteiger partial charge in [-0.05, 0) is 25.8 Å². The average Bonchev–Trinajstić information content (AvgIpc) is 2.90. The molecule has 1 aromatic heterocycles. The Morgan fingerprint density at radius 1 is 1.43 bits per heavy atom. The summed E-state index contributed by atoms with van der Waals surface area (Å²) in [7, 11) is -3.14. The molecule has 2 heterocycles. The molecule has 7 nitrogen and oxygen atoms in total. The Morgan fingerprint density at radius 2 is 2.10 bits per heavy atom. The number of sulfonamides is 1. The van der Waals surface area contributed by atoms with Crippen LogP contribution < -0.4 is 5.32 Å². The maximum atomic E-state index is 12.2. The van der Waals surface area contributed by atoms with Crippen LogP contribution in [0, 0.1) is 5.92 Å². The zero-order chi connectivity index (χ0) is 15.5. The quantitative estimate of drug-likeness (QED) is 0.833. The van der Waals surface area contributed by atoms with E-state index in [-0.39, 0.29) is 17.9 Å². The Hall–Kier alpha value is -1.41. The number of aromatic nitrogens is 2. The highest BCUT2D eigenvalue weighted by molar-refractivity contribution is 7.88. The molecule has 2 rings (SSSR count). The molecule has 1 aliphatic rings. The first kappa shape index (κ1) is 16.0. The molecular weight excluding hydrogens is 292 g/mol. The van der Waals surface area contributed by atoms with Crippen molar-refractivity contribution in [2.45, 2.75) is 32.4 Å². The molecule has 1 aromatic rings. The van der Waals surface area contributed by atoms with Crippen molar-refractivity contribution in [2.24, 2.45) is 5.92 Å². The molecule has 1 N–H and O–H groups in total. The van der Waals surface area contributed by atoms with Gasteiger partial charge in [-0.1, -0.05) is 0 Å². The predicted octanol–water partition coefficient (Wildman–Crippen LogP) is 0.0594. The molecule has 0 aromatic carbocycles. The lowest BCUT2D eigenvalue weighted by Gasteiger charge is -2.30. The summed E-state index contributed by atoms with van der Waals surface area (Å²) in [6.45, 7) is 3.40. The normalized spacial score (nSPS) is 19.3. The Balaban J connectivity index is 1.79. The number of hydrogen-bond donors (Lipinski definition) is 1. The Bertz CT molecular complexity index is 562. The van der Waals surface area contributed by atoms with Crippen LogP contribution in [0.2, 0.25) is 0 Å². The van der Waals surface area contributed by atoms with Gasteiger partial charge in [0.1, 0.15) is 0 Å². The van der Waals surface area contributed by atoms with Gasteiger partial charge in [0.05, 0.1) is 12.8 Å². The maximum Gasteiger partial charge on any atom is 0.223 e. The van der Waals surface area contributed by atoms with Crippen LogP contribution in [0.4, 0.5) is 0 Å². The van der Waals surface area contributed by atoms with Crippen LogP contribution in [0.15, 0.2) is 18.5 Å². The van der Waals surface area contributed by atoms with Gasteiger partial charge in [-0.2, -0.15) is 5.10 Å². The number of carbonyl (C=O) groups excluding carboxylic acids is 1. The largest absolute Gasteiger partial charge is 0.352 e. The van der Waals surface area contributed by atoms with E-state index in [9.17, 15) is 13.2 Å². The molecule has 1 aliphatic heterocycles. The molecule has 0 bridgehead atoms. The first-order valence-electron chi connectivity index (χ1n) is 7.09. The van der Waals surface area contributed by atoms with E-state index < -0.39 is 10.0 Å². The SMILES string of the molecule is CC(Cn1cccn1)NC(=O)C1CCN(S(C)(=O)=O)CC1. The van der Waals surface area contributed by atoms with Gasteiger partial charge in [-0.25, -0.2) is 12.7 Å². The van der Waals surface area contributed by atoms with E-state index in [0.717, 1.165) is 0 Å². The van der Waals surface area contributed by atoms with Gasteiger partial charge < -0.3 is 5.32 Å². The number of carbonyl (C=O) groups is 1. The third-order valence-corrected chi connectivity index (χ3v) is 5.01. The molecule has 1 amide bonds. The average molecular weight is 314 g/mol. The summed E-state index contributed by atoms with van der Waals surface area (Å²) in [6, 6.07) is 1.83. The van der Waals surface area contributed by atoms with Crippen LogP contribution in [-0.2, 0) is 21.4 Å². The molecule has 8 heteroatoms. The topological polar surface area (TPSA) is 84.3 Å². The van der Waals surface area contributed by atoms with Crippen molar-refractivity contribution in [3.8, 4) is 0 Å². The van der Waals surface area contributed by atoms with Gasteiger partial charge in [-0.3, -0.25) is 9.48 Å². The predicted molar refractivity (Wildman–Crippen MR) is 79.0 cm³/mol. The summed E-state index contributed by atoms with van der Waals surface area (Å²) >= 11 is 0. The van der Waals surface area contributed by atoms with Crippen molar-refractivity contribution in [1.29, 1.82) is 0 Å². The summed E-state index contributed by atoms with van der Waals surface area (Å²) in [4.78, 5) is 12.2. The second-order valence-electron chi connectivity index (χ2n) is 5.57.